The van der Waals surface area contributed by atoms with Crippen molar-refractivity contribution in [3.63, 3.8) is 0 Å². The number of aromatic nitrogens is 1. The van der Waals surface area contributed by atoms with E-state index in [1.165, 1.54) is 0 Å². The number of thiazole rings is 1. The highest BCUT2D eigenvalue weighted by atomic mass is 32.1. The second-order valence-electron chi connectivity index (χ2n) is 6.94. The van der Waals surface area contributed by atoms with Crippen molar-refractivity contribution >= 4 is 23.2 Å². The van der Waals surface area contributed by atoms with Gasteiger partial charge < -0.3 is 10.4 Å². The fraction of sp³-hybridized carbons (Fsp3) is 0.421. The van der Waals surface area contributed by atoms with Crippen LogP contribution >= 0.6 is 11.3 Å². The standard InChI is InChI=1S/C19H24N2O3S/c1-19(2,3)15-12-25-17(21-15)10-11-20-16(22)9-8-13-6-4-5-7-14(13)18(23)24/h4-7,12H,8-11H2,1-3H3,(H,20,22)(H,23,24). The molecule has 0 atom stereocenters. The van der Waals surface area contributed by atoms with Gasteiger partial charge in [-0.2, -0.15) is 0 Å². The molecule has 0 radical (unpaired) electrons. The molecule has 0 saturated carbocycles. The SMILES string of the molecule is CC(C)(C)c1csc(CCNC(=O)CCc2ccccc2C(=O)O)n1. The highest BCUT2D eigenvalue weighted by Crippen LogP contribution is 2.23. The summed E-state index contributed by atoms with van der Waals surface area (Å²) in [5.41, 5.74) is 2.05. The maximum absolute atomic E-state index is 12.0. The largest absolute Gasteiger partial charge is 0.478 e. The van der Waals surface area contributed by atoms with E-state index in [2.05, 4.69) is 36.5 Å². The molecule has 5 nitrogen and oxygen atoms in total. The molecule has 0 unspecified atom stereocenters. The van der Waals surface area contributed by atoms with Crippen LogP contribution < -0.4 is 5.32 Å². The van der Waals surface area contributed by atoms with Crippen molar-refractivity contribution in [2.75, 3.05) is 6.54 Å². The van der Waals surface area contributed by atoms with E-state index in [9.17, 15) is 9.59 Å². The van der Waals surface area contributed by atoms with Gasteiger partial charge in [0.2, 0.25) is 5.91 Å². The molecule has 2 rings (SSSR count). The summed E-state index contributed by atoms with van der Waals surface area (Å²) >= 11 is 1.62. The number of aromatic carboxylic acids is 1. The molecule has 134 valence electrons. The highest BCUT2D eigenvalue weighted by Gasteiger charge is 2.17. The summed E-state index contributed by atoms with van der Waals surface area (Å²) in [4.78, 5) is 27.7. The maximum Gasteiger partial charge on any atom is 0.335 e. The number of benzene rings is 1. The van der Waals surface area contributed by atoms with Crippen molar-refractivity contribution in [2.45, 2.75) is 45.4 Å². The number of carbonyl (C=O) groups excluding carboxylic acids is 1. The lowest BCUT2D eigenvalue weighted by Gasteiger charge is -2.14. The van der Waals surface area contributed by atoms with Crippen LogP contribution in [-0.4, -0.2) is 28.5 Å². The van der Waals surface area contributed by atoms with Crippen molar-refractivity contribution in [1.82, 2.24) is 10.3 Å². The summed E-state index contributed by atoms with van der Waals surface area (Å²) in [6.45, 7) is 6.92. The van der Waals surface area contributed by atoms with Gasteiger partial charge in [-0.05, 0) is 18.1 Å². The molecule has 6 heteroatoms. The first-order chi connectivity index (χ1) is 11.8. The molecule has 1 aromatic heterocycles. The van der Waals surface area contributed by atoms with Gasteiger partial charge in [-0.3, -0.25) is 4.79 Å². The number of nitrogens with one attached hydrogen (secondary N) is 1. The highest BCUT2D eigenvalue weighted by molar-refractivity contribution is 7.09. The van der Waals surface area contributed by atoms with Gasteiger partial charge >= 0.3 is 5.97 Å². The molecule has 1 heterocycles. The number of carboxylic acid groups (broad SMARTS) is 1. The molecular weight excluding hydrogens is 336 g/mol. The number of aryl methyl sites for hydroxylation is 1. The van der Waals surface area contributed by atoms with Crippen LogP contribution in [0.2, 0.25) is 0 Å². The summed E-state index contributed by atoms with van der Waals surface area (Å²) in [6.07, 6.45) is 1.40. The first kappa shape index (κ1) is 19.1. The van der Waals surface area contributed by atoms with E-state index in [1.807, 2.05) is 0 Å². The van der Waals surface area contributed by atoms with Crippen molar-refractivity contribution in [2.24, 2.45) is 0 Å². The average Bonchev–Trinajstić information content (AvgIpc) is 3.02. The van der Waals surface area contributed by atoms with E-state index in [0.717, 1.165) is 10.7 Å². The smallest absolute Gasteiger partial charge is 0.335 e. The summed E-state index contributed by atoms with van der Waals surface area (Å²) in [5.74, 6) is -1.04. The molecule has 1 amide bonds. The maximum atomic E-state index is 12.0. The fourth-order valence-electron chi connectivity index (χ4n) is 2.36. The molecule has 25 heavy (non-hydrogen) atoms. The fourth-order valence-corrected chi connectivity index (χ4v) is 3.39. The number of hydrogen-bond acceptors (Lipinski definition) is 4. The summed E-state index contributed by atoms with van der Waals surface area (Å²) in [7, 11) is 0. The van der Waals surface area contributed by atoms with Crippen LogP contribution in [0.4, 0.5) is 0 Å². The van der Waals surface area contributed by atoms with Gasteiger partial charge in [-0.15, -0.1) is 11.3 Å². The van der Waals surface area contributed by atoms with Crippen molar-refractivity contribution in [3.8, 4) is 0 Å². The zero-order valence-electron chi connectivity index (χ0n) is 14.8. The van der Waals surface area contributed by atoms with Crippen LogP contribution in [-0.2, 0) is 23.1 Å². The Bertz CT molecular complexity index is 747. The molecule has 0 spiro atoms. The lowest BCUT2D eigenvalue weighted by Crippen LogP contribution is -2.26. The first-order valence-electron chi connectivity index (χ1n) is 8.30. The van der Waals surface area contributed by atoms with Gasteiger partial charge in [0.1, 0.15) is 0 Å². The Balaban J connectivity index is 1.78. The third-order valence-electron chi connectivity index (χ3n) is 3.85. The van der Waals surface area contributed by atoms with Crippen LogP contribution in [0.3, 0.4) is 0 Å². The zero-order chi connectivity index (χ0) is 18.4. The first-order valence-corrected chi connectivity index (χ1v) is 9.18. The monoisotopic (exact) mass is 360 g/mol. The number of rotatable bonds is 7. The predicted octanol–water partition coefficient (Wildman–Crippen LogP) is 3.43. The normalized spacial score (nSPS) is 11.3. The van der Waals surface area contributed by atoms with Gasteiger partial charge in [0.25, 0.3) is 0 Å². The number of hydrogen-bond donors (Lipinski definition) is 2. The lowest BCUT2D eigenvalue weighted by molar-refractivity contribution is -0.121. The van der Waals surface area contributed by atoms with Gasteiger partial charge in [-0.1, -0.05) is 39.0 Å². The summed E-state index contributed by atoms with van der Waals surface area (Å²) < 4.78 is 0. The summed E-state index contributed by atoms with van der Waals surface area (Å²) in [5, 5.41) is 15.1. The Morgan fingerprint density at radius 3 is 2.56 bits per heavy atom. The average molecular weight is 360 g/mol. The van der Waals surface area contributed by atoms with Crippen LogP contribution in [0.5, 0.6) is 0 Å². The van der Waals surface area contributed by atoms with E-state index in [-0.39, 0.29) is 23.3 Å². The molecular formula is C19H24N2O3S. The van der Waals surface area contributed by atoms with Gasteiger partial charge in [-0.25, -0.2) is 9.78 Å². The Labute approximate surface area is 152 Å². The van der Waals surface area contributed by atoms with Crippen molar-refractivity contribution in [3.05, 3.63) is 51.5 Å². The van der Waals surface area contributed by atoms with Crippen LogP contribution in [0.1, 0.15) is 53.8 Å². The predicted molar refractivity (Wildman–Crippen MR) is 99.3 cm³/mol. The quantitative estimate of drug-likeness (QED) is 0.793. The van der Waals surface area contributed by atoms with Crippen LogP contribution in [0, 0.1) is 0 Å². The minimum absolute atomic E-state index is 0.0372. The third kappa shape index (κ3) is 5.67. The molecule has 0 aliphatic rings. The molecule has 0 bridgehead atoms. The van der Waals surface area contributed by atoms with E-state index < -0.39 is 5.97 Å². The number of amides is 1. The minimum atomic E-state index is -0.963. The number of carboxylic acids is 1. The van der Waals surface area contributed by atoms with Gasteiger partial charge in [0.15, 0.2) is 0 Å². The second-order valence-corrected chi connectivity index (χ2v) is 7.88. The second kappa shape index (κ2) is 8.25. The number of nitrogens with zero attached hydrogens (tertiary/aromatic N) is 1. The molecule has 2 aromatic rings. The topological polar surface area (TPSA) is 79.3 Å². The Kier molecular flexibility index (Phi) is 6.31. The molecule has 0 saturated heterocycles. The van der Waals surface area contributed by atoms with Gasteiger partial charge in [0.05, 0.1) is 16.3 Å². The Morgan fingerprint density at radius 2 is 1.92 bits per heavy atom. The molecule has 2 N–H and O–H groups in total. The summed E-state index contributed by atoms with van der Waals surface area (Å²) in [6, 6.07) is 6.78. The Hall–Kier alpha value is -2.21. The van der Waals surface area contributed by atoms with Gasteiger partial charge in [0, 0.05) is 30.2 Å². The van der Waals surface area contributed by atoms with E-state index in [0.29, 0.717) is 24.9 Å². The van der Waals surface area contributed by atoms with Crippen molar-refractivity contribution < 1.29 is 14.7 Å². The van der Waals surface area contributed by atoms with Crippen LogP contribution in [0.25, 0.3) is 0 Å². The molecule has 0 fully saturated rings. The van der Waals surface area contributed by atoms with Crippen molar-refractivity contribution in [1.29, 1.82) is 0 Å². The lowest BCUT2D eigenvalue weighted by atomic mass is 9.93. The molecule has 0 aliphatic heterocycles. The van der Waals surface area contributed by atoms with Crippen LogP contribution in [0.15, 0.2) is 29.6 Å². The zero-order valence-corrected chi connectivity index (χ0v) is 15.7. The Morgan fingerprint density at radius 1 is 1.20 bits per heavy atom. The molecule has 1 aromatic carbocycles. The van der Waals surface area contributed by atoms with E-state index in [4.69, 9.17) is 5.11 Å². The van der Waals surface area contributed by atoms with E-state index >= 15 is 0 Å². The minimum Gasteiger partial charge on any atom is -0.478 e. The molecule has 0 aliphatic carbocycles. The van der Waals surface area contributed by atoms with E-state index in [1.54, 1.807) is 35.6 Å². The number of carbonyl (C=O) groups is 2. The third-order valence-corrected chi connectivity index (χ3v) is 4.76.